The summed E-state index contributed by atoms with van der Waals surface area (Å²) in [7, 11) is 1.88. The average molecular weight is 352 g/mol. The quantitative estimate of drug-likeness (QED) is 0.683. The topological polar surface area (TPSA) is 63.8 Å². The van der Waals surface area contributed by atoms with Gasteiger partial charge in [0.1, 0.15) is 32.5 Å². The lowest BCUT2D eigenvalue weighted by Gasteiger charge is -2.01. The van der Waals surface area contributed by atoms with Gasteiger partial charge in [-0.1, -0.05) is 0 Å². The summed E-state index contributed by atoms with van der Waals surface area (Å²) in [6.07, 6.45) is 1.54. The molecule has 6 heteroatoms. The lowest BCUT2D eigenvalue weighted by molar-refractivity contribution is 0.475. The normalized spacial score (nSPS) is 11.0. The molecule has 0 fully saturated rings. The highest BCUT2D eigenvalue weighted by Crippen LogP contribution is 2.27. The van der Waals surface area contributed by atoms with Gasteiger partial charge in [-0.25, -0.2) is 9.97 Å². The second-order valence-electron chi connectivity index (χ2n) is 3.88. The molecule has 0 atom stereocenters. The van der Waals surface area contributed by atoms with Crippen LogP contribution in [-0.2, 0) is 7.05 Å². The maximum Gasteiger partial charge on any atom is 0.138 e. The Morgan fingerprint density at radius 3 is 2.56 bits per heavy atom. The fourth-order valence-corrected chi connectivity index (χ4v) is 2.30. The van der Waals surface area contributed by atoms with E-state index in [1.807, 2.05) is 19.2 Å². The van der Waals surface area contributed by atoms with E-state index in [0.29, 0.717) is 0 Å². The Kier molecular flexibility index (Phi) is 2.66. The van der Waals surface area contributed by atoms with Gasteiger partial charge in [-0.3, -0.25) is 4.68 Å². The Morgan fingerprint density at radius 2 is 1.83 bits per heavy atom. The second-order valence-corrected chi connectivity index (χ2v) is 4.90. The predicted octanol–water partition coefficient (Wildman–Crippen LogP) is 2.34. The van der Waals surface area contributed by atoms with Gasteiger partial charge in [0, 0.05) is 12.6 Å². The monoisotopic (exact) mass is 352 g/mol. The van der Waals surface area contributed by atoms with E-state index in [0.717, 1.165) is 26.0 Å². The van der Waals surface area contributed by atoms with E-state index < -0.39 is 0 Å². The molecule has 3 rings (SSSR count). The molecule has 0 aliphatic rings. The highest BCUT2D eigenvalue weighted by Gasteiger charge is 2.13. The maximum atomic E-state index is 9.31. The number of halogens is 1. The zero-order valence-corrected chi connectivity index (χ0v) is 11.7. The minimum absolute atomic E-state index is 0.236. The van der Waals surface area contributed by atoms with Crippen molar-refractivity contribution < 1.29 is 5.11 Å². The van der Waals surface area contributed by atoms with Crippen LogP contribution in [0.25, 0.3) is 22.3 Å². The van der Waals surface area contributed by atoms with Gasteiger partial charge >= 0.3 is 0 Å². The Labute approximate surface area is 117 Å². The number of hydrogen-bond donors (Lipinski definition) is 1. The molecule has 0 unspecified atom stereocenters. The van der Waals surface area contributed by atoms with Gasteiger partial charge in [0.15, 0.2) is 0 Å². The van der Waals surface area contributed by atoms with Crippen LogP contribution in [0.1, 0.15) is 0 Å². The van der Waals surface area contributed by atoms with Gasteiger partial charge in [-0.05, 0) is 46.9 Å². The van der Waals surface area contributed by atoms with Crippen molar-refractivity contribution >= 4 is 33.6 Å². The number of nitrogens with zero attached hydrogens (tertiary/aromatic N) is 4. The van der Waals surface area contributed by atoms with Gasteiger partial charge in [-0.2, -0.15) is 5.10 Å². The molecule has 0 aliphatic heterocycles. The highest BCUT2D eigenvalue weighted by molar-refractivity contribution is 14.1. The third kappa shape index (κ3) is 1.72. The van der Waals surface area contributed by atoms with Crippen molar-refractivity contribution in [1.29, 1.82) is 0 Å². The number of aryl methyl sites for hydroxylation is 1. The Balaban J connectivity index is 2.29. The molecule has 0 spiro atoms. The molecule has 1 N–H and O–H groups in total. The lowest BCUT2D eigenvalue weighted by atomic mass is 10.1. The molecule has 0 radical (unpaired) electrons. The number of hydrogen-bond acceptors (Lipinski definition) is 4. The SMILES string of the molecule is Cn1nc2c(-c3ccc(O)cc3)ncnc2c1I. The first-order chi connectivity index (χ1) is 8.66. The van der Waals surface area contributed by atoms with Crippen LogP contribution in [-0.4, -0.2) is 24.9 Å². The summed E-state index contributed by atoms with van der Waals surface area (Å²) in [5.41, 5.74) is 3.31. The van der Waals surface area contributed by atoms with Crippen LogP contribution in [0.15, 0.2) is 30.6 Å². The molecular formula is C12H9IN4O. The van der Waals surface area contributed by atoms with Crippen LogP contribution in [0.4, 0.5) is 0 Å². The third-order valence-electron chi connectivity index (χ3n) is 2.69. The van der Waals surface area contributed by atoms with Crippen LogP contribution in [0.2, 0.25) is 0 Å². The molecule has 0 bridgehead atoms. The molecule has 2 aromatic heterocycles. The summed E-state index contributed by atoms with van der Waals surface area (Å²) in [6, 6.07) is 6.91. The van der Waals surface area contributed by atoms with Crippen molar-refractivity contribution in [2.24, 2.45) is 7.05 Å². The number of phenols is 1. The summed E-state index contributed by atoms with van der Waals surface area (Å²) in [5, 5.41) is 13.7. The lowest BCUT2D eigenvalue weighted by Crippen LogP contribution is -1.91. The van der Waals surface area contributed by atoms with E-state index in [4.69, 9.17) is 0 Å². The molecule has 18 heavy (non-hydrogen) atoms. The number of rotatable bonds is 1. The predicted molar refractivity (Wildman–Crippen MR) is 76.1 cm³/mol. The number of benzene rings is 1. The van der Waals surface area contributed by atoms with E-state index in [9.17, 15) is 5.11 Å². The molecule has 1 aromatic carbocycles. The Bertz CT molecular complexity index is 721. The molecule has 2 heterocycles. The van der Waals surface area contributed by atoms with Gasteiger partial charge in [0.25, 0.3) is 0 Å². The highest BCUT2D eigenvalue weighted by atomic mass is 127. The molecule has 90 valence electrons. The van der Waals surface area contributed by atoms with Crippen molar-refractivity contribution in [3.8, 4) is 17.0 Å². The molecule has 0 amide bonds. The minimum Gasteiger partial charge on any atom is -0.508 e. The smallest absolute Gasteiger partial charge is 0.138 e. The van der Waals surface area contributed by atoms with Gasteiger partial charge in [0.2, 0.25) is 0 Å². The fourth-order valence-electron chi connectivity index (χ4n) is 1.80. The zero-order valence-electron chi connectivity index (χ0n) is 9.50. The summed E-state index contributed by atoms with van der Waals surface area (Å²) in [6.45, 7) is 0. The van der Waals surface area contributed by atoms with Gasteiger partial charge < -0.3 is 5.11 Å². The summed E-state index contributed by atoms with van der Waals surface area (Å²) < 4.78 is 2.76. The second kappa shape index (κ2) is 4.20. The van der Waals surface area contributed by atoms with E-state index in [1.54, 1.807) is 16.8 Å². The van der Waals surface area contributed by atoms with E-state index >= 15 is 0 Å². The van der Waals surface area contributed by atoms with Crippen LogP contribution >= 0.6 is 22.6 Å². The van der Waals surface area contributed by atoms with Crippen molar-refractivity contribution in [2.75, 3.05) is 0 Å². The number of aromatic nitrogens is 4. The van der Waals surface area contributed by atoms with Crippen molar-refractivity contribution in [2.45, 2.75) is 0 Å². The first kappa shape index (κ1) is 11.4. The molecule has 5 nitrogen and oxygen atoms in total. The molecule has 3 aromatic rings. The standard InChI is InChI=1S/C12H9IN4O/c1-17-12(13)11-10(16-17)9(14-6-15-11)7-2-4-8(18)5-3-7/h2-6,18H,1H3. The summed E-state index contributed by atoms with van der Waals surface area (Å²) >= 11 is 2.21. The van der Waals surface area contributed by atoms with Crippen molar-refractivity contribution in [3.05, 3.63) is 34.3 Å². The largest absolute Gasteiger partial charge is 0.508 e. The third-order valence-corrected chi connectivity index (χ3v) is 3.90. The number of fused-ring (bicyclic) bond motifs is 1. The molecule has 0 saturated carbocycles. The molecule has 0 saturated heterocycles. The number of phenolic OH excluding ortho intramolecular Hbond substituents is 1. The average Bonchev–Trinajstić information content (AvgIpc) is 2.67. The van der Waals surface area contributed by atoms with E-state index in [1.165, 1.54) is 6.33 Å². The van der Waals surface area contributed by atoms with Crippen molar-refractivity contribution in [3.63, 3.8) is 0 Å². The molecule has 0 aliphatic carbocycles. The van der Waals surface area contributed by atoms with Crippen LogP contribution < -0.4 is 0 Å². The summed E-state index contributed by atoms with van der Waals surface area (Å²) in [5.74, 6) is 0.236. The molecular weight excluding hydrogens is 343 g/mol. The fraction of sp³-hybridized carbons (Fsp3) is 0.0833. The Morgan fingerprint density at radius 1 is 1.11 bits per heavy atom. The maximum absolute atomic E-state index is 9.31. The van der Waals surface area contributed by atoms with Gasteiger partial charge in [0.05, 0.1) is 0 Å². The van der Waals surface area contributed by atoms with Crippen LogP contribution in [0.3, 0.4) is 0 Å². The minimum atomic E-state index is 0.236. The van der Waals surface area contributed by atoms with E-state index in [2.05, 4.69) is 37.7 Å². The first-order valence-corrected chi connectivity index (χ1v) is 6.37. The number of aromatic hydroxyl groups is 1. The van der Waals surface area contributed by atoms with Crippen LogP contribution in [0.5, 0.6) is 5.75 Å². The zero-order chi connectivity index (χ0) is 12.7. The van der Waals surface area contributed by atoms with Crippen molar-refractivity contribution in [1.82, 2.24) is 19.7 Å². The van der Waals surface area contributed by atoms with Gasteiger partial charge in [-0.15, -0.1) is 0 Å². The first-order valence-electron chi connectivity index (χ1n) is 5.29. The van der Waals surface area contributed by atoms with E-state index in [-0.39, 0.29) is 5.75 Å². The van der Waals surface area contributed by atoms with Crippen LogP contribution in [0, 0.1) is 3.70 Å². The Hall–Kier alpha value is -1.70. The summed E-state index contributed by atoms with van der Waals surface area (Å²) in [4.78, 5) is 8.54.